The molecule has 5 rings (SSSR count). The third-order valence-electron chi connectivity index (χ3n) is 6.29. The maximum Gasteiger partial charge on any atom is 0.310 e. The predicted molar refractivity (Wildman–Crippen MR) is 136 cm³/mol. The Hall–Kier alpha value is -3.28. The lowest BCUT2D eigenvalue weighted by atomic mass is 9.94. The zero-order valence-corrected chi connectivity index (χ0v) is 20.5. The number of carbonyl (C=O) groups is 1. The smallest absolute Gasteiger partial charge is 0.310 e. The standard InChI is InChI=1S/C28H23Cl2NO4/c1-16(28(32)33)19-9-5-10-20(17-7-3-2-4-8-17)27(19)34-15-21-25(31-35-26(21)18-13-14-18)24-22(29)11-6-12-23(24)30/h2-12,16,18H,13-15H2,1H3,(H,32,33). The summed E-state index contributed by atoms with van der Waals surface area (Å²) in [7, 11) is 0. The van der Waals surface area contributed by atoms with Gasteiger partial charge in [0.15, 0.2) is 0 Å². The van der Waals surface area contributed by atoms with E-state index in [1.165, 1.54) is 0 Å². The summed E-state index contributed by atoms with van der Waals surface area (Å²) in [4.78, 5) is 11.9. The van der Waals surface area contributed by atoms with E-state index in [1.54, 1.807) is 31.2 Å². The zero-order chi connectivity index (χ0) is 24.5. The fraction of sp³-hybridized carbons (Fsp3) is 0.214. The molecule has 1 fully saturated rings. The van der Waals surface area contributed by atoms with Gasteiger partial charge in [-0.3, -0.25) is 4.79 Å². The summed E-state index contributed by atoms with van der Waals surface area (Å²) < 4.78 is 12.2. The highest BCUT2D eigenvalue weighted by Gasteiger charge is 2.34. The van der Waals surface area contributed by atoms with E-state index < -0.39 is 11.9 Å². The van der Waals surface area contributed by atoms with Gasteiger partial charge in [-0.05, 0) is 37.5 Å². The van der Waals surface area contributed by atoms with Gasteiger partial charge in [0.25, 0.3) is 0 Å². The van der Waals surface area contributed by atoms with Crippen LogP contribution >= 0.6 is 23.2 Å². The van der Waals surface area contributed by atoms with Gasteiger partial charge in [0, 0.05) is 22.6 Å². The summed E-state index contributed by atoms with van der Waals surface area (Å²) in [6.45, 7) is 1.79. The summed E-state index contributed by atoms with van der Waals surface area (Å²) in [5, 5.41) is 15.0. The molecule has 1 unspecified atom stereocenters. The molecule has 0 spiro atoms. The van der Waals surface area contributed by atoms with Crippen LogP contribution in [0.5, 0.6) is 5.75 Å². The van der Waals surface area contributed by atoms with Gasteiger partial charge in [0.05, 0.1) is 21.5 Å². The van der Waals surface area contributed by atoms with Crippen molar-refractivity contribution in [2.24, 2.45) is 0 Å². The largest absolute Gasteiger partial charge is 0.488 e. The molecule has 0 amide bonds. The lowest BCUT2D eigenvalue weighted by Crippen LogP contribution is -2.11. The molecule has 178 valence electrons. The average molecular weight is 508 g/mol. The number of para-hydroxylation sites is 1. The molecule has 0 bridgehead atoms. The van der Waals surface area contributed by atoms with Crippen LogP contribution in [-0.2, 0) is 11.4 Å². The van der Waals surface area contributed by atoms with Crippen molar-refractivity contribution in [1.29, 1.82) is 0 Å². The van der Waals surface area contributed by atoms with Crippen LogP contribution in [0.4, 0.5) is 0 Å². The number of aliphatic carboxylic acids is 1. The van der Waals surface area contributed by atoms with Gasteiger partial charge in [0.1, 0.15) is 23.8 Å². The number of halogens is 2. The number of rotatable bonds is 8. The van der Waals surface area contributed by atoms with Gasteiger partial charge in [-0.2, -0.15) is 0 Å². The summed E-state index contributed by atoms with van der Waals surface area (Å²) in [6, 6.07) is 20.6. The summed E-state index contributed by atoms with van der Waals surface area (Å²) in [6.07, 6.45) is 2.03. The summed E-state index contributed by atoms with van der Waals surface area (Å²) in [5.74, 6) is -0.115. The number of hydrogen-bond donors (Lipinski definition) is 1. The maximum absolute atomic E-state index is 11.9. The molecule has 1 saturated carbocycles. The molecule has 0 aliphatic heterocycles. The second-order valence-corrected chi connectivity index (χ2v) is 9.50. The van der Waals surface area contributed by atoms with Crippen molar-refractivity contribution >= 4 is 29.2 Å². The number of carboxylic acid groups (broad SMARTS) is 1. The topological polar surface area (TPSA) is 72.6 Å². The van der Waals surface area contributed by atoms with Gasteiger partial charge in [-0.25, -0.2) is 0 Å². The lowest BCUT2D eigenvalue weighted by Gasteiger charge is -2.19. The number of aromatic nitrogens is 1. The minimum Gasteiger partial charge on any atom is -0.488 e. The Kier molecular flexibility index (Phi) is 6.54. The van der Waals surface area contributed by atoms with Crippen LogP contribution in [0.3, 0.4) is 0 Å². The molecule has 1 heterocycles. The molecule has 1 aliphatic carbocycles. The molecule has 3 aromatic carbocycles. The van der Waals surface area contributed by atoms with E-state index in [1.807, 2.05) is 42.5 Å². The van der Waals surface area contributed by atoms with Gasteiger partial charge in [-0.1, -0.05) is 83.0 Å². The van der Waals surface area contributed by atoms with Crippen LogP contribution in [0, 0.1) is 0 Å². The molecule has 1 aromatic heterocycles. The highest BCUT2D eigenvalue weighted by molar-refractivity contribution is 6.39. The molecule has 4 aromatic rings. The van der Waals surface area contributed by atoms with E-state index in [0.717, 1.165) is 35.3 Å². The molecule has 35 heavy (non-hydrogen) atoms. The Bertz CT molecular complexity index is 1360. The zero-order valence-electron chi connectivity index (χ0n) is 19.0. The quantitative estimate of drug-likeness (QED) is 0.261. The van der Waals surface area contributed by atoms with Crippen molar-refractivity contribution in [3.8, 4) is 28.1 Å². The van der Waals surface area contributed by atoms with Crippen LogP contribution in [-0.4, -0.2) is 16.2 Å². The van der Waals surface area contributed by atoms with Crippen molar-refractivity contribution in [2.75, 3.05) is 0 Å². The molecule has 5 nitrogen and oxygen atoms in total. The van der Waals surface area contributed by atoms with Crippen LogP contribution in [0.15, 0.2) is 71.3 Å². The van der Waals surface area contributed by atoms with Crippen LogP contribution < -0.4 is 4.74 Å². The van der Waals surface area contributed by atoms with E-state index >= 15 is 0 Å². The minimum absolute atomic E-state index is 0.134. The SMILES string of the molecule is CC(C(=O)O)c1cccc(-c2ccccc2)c1OCc1c(-c2c(Cl)cccc2Cl)noc1C1CC1. The molecule has 0 saturated heterocycles. The maximum atomic E-state index is 11.9. The Morgan fingerprint density at radius 1 is 1.06 bits per heavy atom. The van der Waals surface area contributed by atoms with Crippen LogP contribution in [0.2, 0.25) is 10.0 Å². The third-order valence-corrected chi connectivity index (χ3v) is 6.92. The van der Waals surface area contributed by atoms with Crippen molar-refractivity contribution in [3.05, 3.63) is 93.7 Å². The monoisotopic (exact) mass is 507 g/mol. The first-order chi connectivity index (χ1) is 17.0. The number of carboxylic acids is 1. The molecule has 1 aliphatic rings. The van der Waals surface area contributed by atoms with Crippen LogP contribution in [0.25, 0.3) is 22.4 Å². The van der Waals surface area contributed by atoms with Gasteiger partial charge >= 0.3 is 5.97 Å². The van der Waals surface area contributed by atoms with E-state index in [0.29, 0.717) is 32.6 Å². The normalized spacial score (nSPS) is 14.0. The first-order valence-corrected chi connectivity index (χ1v) is 12.2. The Morgan fingerprint density at radius 3 is 2.40 bits per heavy atom. The summed E-state index contributed by atoms with van der Waals surface area (Å²) in [5.41, 5.74) is 4.27. The predicted octanol–water partition coefficient (Wildman–Crippen LogP) is 7.96. The van der Waals surface area contributed by atoms with Crippen molar-refractivity contribution in [2.45, 2.75) is 38.2 Å². The first-order valence-electron chi connectivity index (χ1n) is 11.4. The second-order valence-electron chi connectivity index (χ2n) is 8.68. The Morgan fingerprint density at radius 2 is 1.74 bits per heavy atom. The van der Waals surface area contributed by atoms with Gasteiger partial charge in [-0.15, -0.1) is 0 Å². The Labute approximate surface area is 213 Å². The van der Waals surface area contributed by atoms with Gasteiger partial charge in [0.2, 0.25) is 0 Å². The number of ether oxygens (including phenoxy) is 1. The van der Waals surface area contributed by atoms with Crippen molar-refractivity contribution < 1.29 is 19.2 Å². The highest BCUT2D eigenvalue weighted by atomic mass is 35.5. The van der Waals surface area contributed by atoms with E-state index in [9.17, 15) is 9.90 Å². The minimum atomic E-state index is -0.924. The number of nitrogens with zero attached hydrogens (tertiary/aromatic N) is 1. The molecular formula is C28H23Cl2NO4. The first kappa shape index (κ1) is 23.5. The molecule has 1 atom stereocenters. The van der Waals surface area contributed by atoms with E-state index in [4.69, 9.17) is 32.5 Å². The van der Waals surface area contributed by atoms with E-state index in [2.05, 4.69) is 5.16 Å². The fourth-order valence-corrected chi connectivity index (χ4v) is 4.80. The average Bonchev–Trinajstić information content (AvgIpc) is 3.63. The van der Waals surface area contributed by atoms with Crippen molar-refractivity contribution in [1.82, 2.24) is 5.16 Å². The number of benzene rings is 3. The lowest BCUT2D eigenvalue weighted by molar-refractivity contribution is -0.138. The number of hydrogen-bond acceptors (Lipinski definition) is 4. The van der Waals surface area contributed by atoms with E-state index in [-0.39, 0.29) is 12.5 Å². The highest BCUT2D eigenvalue weighted by Crippen LogP contribution is 2.46. The molecule has 0 radical (unpaired) electrons. The van der Waals surface area contributed by atoms with Crippen LogP contribution in [0.1, 0.15) is 48.5 Å². The fourth-order valence-electron chi connectivity index (χ4n) is 4.23. The van der Waals surface area contributed by atoms with Crippen molar-refractivity contribution in [3.63, 3.8) is 0 Å². The second kappa shape index (κ2) is 9.76. The third kappa shape index (κ3) is 4.66. The molecule has 1 N–H and O–H groups in total. The molecule has 7 heteroatoms. The summed E-state index contributed by atoms with van der Waals surface area (Å²) >= 11 is 13.0. The van der Waals surface area contributed by atoms with Gasteiger partial charge < -0.3 is 14.4 Å². The Balaban J connectivity index is 1.60. The molecular weight excluding hydrogens is 485 g/mol.